The number of nitrogens with two attached hydrogens (primary N) is 1. The Labute approximate surface area is 178 Å². The average Bonchev–Trinajstić information content (AvgIpc) is 2.65. The molecule has 0 aromatic rings. The number of hydrogen-bond donors (Lipinski definition) is 6. The number of carboxylic acids is 1. The summed E-state index contributed by atoms with van der Waals surface area (Å²) < 4.78 is 0. The highest BCUT2D eigenvalue weighted by Gasteiger charge is 2.33. The van der Waals surface area contributed by atoms with Crippen molar-refractivity contribution in [2.45, 2.75) is 78.6 Å². The van der Waals surface area contributed by atoms with Crippen LogP contribution in [0.4, 0.5) is 0 Å². The monoisotopic (exact) mass is 430 g/mol. The lowest BCUT2D eigenvalue weighted by Crippen LogP contribution is -2.60. The van der Waals surface area contributed by atoms with Gasteiger partial charge in [-0.05, 0) is 24.2 Å². The number of hydrogen-bond acceptors (Lipinski definition) is 6. The summed E-state index contributed by atoms with van der Waals surface area (Å²) in [6.07, 6.45) is 0.947. The number of carbonyl (C=O) groups excluding carboxylic acids is 3. The van der Waals surface area contributed by atoms with Crippen LogP contribution in [0.3, 0.4) is 0 Å². The van der Waals surface area contributed by atoms with Gasteiger partial charge in [-0.25, -0.2) is 4.79 Å². The molecule has 0 radical (unpaired) electrons. The zero-order valence-electron chi connectivity index (χ0n) is 18.8. The normalized spacial score (nSPS) is 16.3. The molecule has 0 aliphatic rings. The van der Waals surface area contributed by atoms with E-state index in [0.29, 0.717) is 12.8 Å². The molecule has 30 heavy (non-hydrogen) atoms. The smallest absolute Gasteiger partial charge is 0.326 e. The Morgan fingerprint density at radius 3 is 1.80 bits per heavy atom. The molecule has 10 nitrogen and oxygen atoms in total. The van der Waals surface area contributed by atoms with Gasteiger partial charge < -0.3 is 31.9 Å². The minimum atomic E-state index is -1.28. The second-order valence-corrected chi connectivity index (χ2v) is 8.42. The second-order valence-electron chi connectivity index (χ2n) is 8.42. The number of aliphatic hydroxyl groups excluding tert-OH is 1. The third-order valence-electron chi connectivity index (χ3n) is 4.90. The van der Waals surface area contributed by atoms with E-state index in [1.165, 1.54) is 0 Å². The van der Waals surface area contributed by atoms with Crippen LogP contribution in [0.25, 0.3) is 0 Å². The highest BCUT2D eigenvalue weighted by atomic mass is 16.4. The van der Waals surface area contributed by atoms with Crippen molar-refractivity contribution in [3.05, 3.63) is 0 Å². The Balaban J connectivity index is 5.30. The molecule has 0 saturated carbocycles. The number of nitrogens with one attached hydrogen (secondary N) is 3. The highest BCUT2D eigenvalue weighted by Crippen LogP contribution is 2.11. The SMILES string of the molecule is CCC(C)C(NC(=O)C(CO)NC(=O)C(N)CC(C)C)C(=O)NC(C(=O)O)C(C)C. The molecule has 5 unspecified atom stereocenters. The third kappa shape index (κ3) is 9.08. The third-order valence-corrected chi connectivity index (χ3v) is 4.90. The summed E-state index contributed by atoms with van der Waals surface area (Å²) >= 11 is 0. The number of aliphatic hydroxyl groups is 1. The quantitative estimate of drug-likeness (QED) is 0.231. The Morgan fingerprint density at radius 1 is 0.867 bits per heavy atom. The maximum Gasteiger partial charge on any atom is 0.326 e. The van der Waals surface area contributed by atoms with Gasteiger partial charge in [0.2, 0.25) is 17.7 Å². The van der Waals surface area contributed by atoms with Gasteiger partial charge in [0.1, 0.15) is 18.1 Å². The summed E-state index contributed by atoms with van der Waals surface area (Å²) in [7, 11) is 0. The molecule has 0 bridgehead atoms. The second kappa shape index (κ2) is 13.2. The van der Waals surface area contributed by atoms with Gasteiger partial charge in [-0.3, -0.25) is 14.4 Å². The topological polar surface area (TPSA) is 171 Å². The van der Waals surface area contributed by atoms with E-state index >= 15 is 0 Å². The van der Waals surface area contributed by atoms with Crippen molar-refractivity contribution < 1.29 is 29.4 Å². The maximum absolute atomic E-state index is 12.7. The fraction of sp³-hybridized carbons (Fsp3) is 0.800. The fourth-order valence-corrected chi connectivity index (χ4v) is 2.80. The van der Waals surface area contributed by atoms with E-state index in [1.54, 1.807) is 20.8 Å². The molecular weight excluding hydrogens is 392 g/mol. The lowest BCUT2D eigenvalue weighted by atomic mass is 9.96. The molecule has 0 fully saturated rings. The van der Waals surface area contributed by atoms with Gasteiger partial charge >= 0.3 is 5.97 Å². The first-order chi connectivity index (χ1) is 13.8. The predicted molar refractivity (Wildman–Crippen MR) is 112 cm³/mol. The molecule has 0 aliphatic heterocycles. The van der Waals surface area contributed by atoms with Crippen molar-refractivity contribution in [1.29, 1.82) is 0 Å². The lowest BCUT2D eigenvalue weighted by Gasteiger charge is -2.28. The van der Waals surface area contributed by atoms with E-state index in [4.69, 9.17) is 5.73 Å². The maximum atomic E-state index is 12.7. The Bertz CT molecular complexity index is 596. The average molecular weight is 431 g/mol. The van der Waals surface area contributed by atoms with E-state index in [9.17, 15) is 29.4 Å². The molecule has 7 N–H and O–H groups in total. The van der Waals surface area contributed by atoms with Gasteiger partial charge in [-0.1, -0.05) is 48.0 Å². The summed E-state index contributed by atoms with van der Waals surface area (Å²) in [4.78, 5) is 48.9. The number of amides is 3. The van der Waals surface area contributed by atoms with Gasteiger partial charge in [0, 0.05) is 0 Å². The van der Waals surface area contributed by atoms with Crippen LogP contribution in [0.1, 0.15) is 54.4 Å². The van der Waals surface area contributed by atoms with Crippen LogP contribution < -0.4 is 21.7 Å². The number of carboxylic acid groups (broad SMARTS) is 1. The molecule has 0 spiro atoms. The molecule has 0 heterocycles. The van der Waals surface area contributed by atoms with Crippen molar-refractivity contribution in [1.82, 2.24) is 16.0 Å². The largest absolute Gasteiger partial charge is 0.480 e. The molecule has 0 aromatic carbocycles. The highest BCUT2D eigenvalue weighted by molar-refractivity contribution is 5.94. The zero-order valence-corrected chi connectivity index (χ0v) is 18.8. The standard InChI is InChI=1S/C20H38N4O6/c1-7-12(6)16(19(28)23-15(11(4)5)20(29)30)24-18(27)14(9-25)22-17(26)13(21)8-10(2)3/h10-16,25H,7-9,21H2,1-6H3,(H,22,26)(H,23,28)(H,24,27)(H,29,30). The molecule has 10 heteroatoms. The molecule has 0 saturated heterocycles. The van der Waals surface area contributed by atoms with Gasteiger partial charge in [0.05, 0.1) is 12.6 Å². The lowest BCUT2D eigenvalue weighted by molar-refractivity contribution is -0.144. The van der Waals surface area contributed by atoms with Gasteiger partial charge in [-0.15, -0.1) is 0 Å². The zero-order chi connectivity index (χ0) is 23.6. The van der Waals surface area contributed by atoms with Gasteiger partial charge in [0.15, 0.2) is 0 Å². The first-order valence-electron chi connectivity index (χ1n) is 10.4. The van der Waals surface area contributed by atoms with Crippen LogP contribution in [0.2, 0.25) is 0 Å². The number of rotatable bonds is 13. The van der Waals surface area contributed by atoms with E-state index in [2.05, 4.69) is 16.0 Å². The number of aliphatic carboxylic acids is 1. The van der Waals surface area contributed by atoms with E-state index in [0.717, 1.165) is 0 Å². The predicted octanol–water partition coefficient (Wildman–Crippen LogP) is -0.407. The molecular formula is C20H38N4O6. The van der Waals surface area contributed by atoms with E-state index in [1.807, 2.05) is 20.8 Å². The van der Waals surface area contributed by atoms with Gasteiger partial charge in [-0.2, -0.15) is 0 Å². The van der Waals surface area contributed by atoms with Crippen LogP contribution in [0.5, 0.6) is 0 Å². The van der Waals surface area contributed by atoms with Crippen LogP contribution in [-0.4, -0.2) is 64.7 Å². The van der Waals surface area contributed by atoms with Crippen molar-refractivity contribution in [3.63, 3.8) is 0 Å². The summed E-state index contributed by atoms with van der Waals surface area (Å²) in [5.41, 5.74) is 5.81. The van der Waals surface area contributed by atoms with Crippen molar-refractivity contribution in [2.75, 3.05) is 6.61 Å². The molecule has 0 aliphatic carbocycles. The minimum absolute atomic E-state index is 0.175. The fourth-order valence-electron chi connectivity index (χ4n) is 2.80. The molecule has 0 aromatic heterocycles. The van der Waals surface area contributed by atoms with Crippen LogP contribution in [-0.2, 0) is 19.2 Å². The van der Waals surface area contributed by atoms with Crippen LogP contribution >= 0.6 is 0 Å². The Morgan fingerprint density at radius 2 is 1.40 bits per heavy atom. The van der Waals surface area contributed by atoms with E-state index < -0.39 is 54.5 Å². The van der Waals surface area contributed by atoms with Crippen LogP contribution in [0.15, 0.2) is 0 Å². The first-order valence-corrected chi connectivity index (χ1v) is 10.4. The first kappa shape index (κ1) is 27.8. The van der Waals surface area contributed by atoms with Gasteiger partial charge in [0.25, 0.3) is 0 Å². The summed E-state index contributed by atoms with van der Waals surface area (Å²) in [6.45, 7) is 10.0. The molecule has 5 atom stereocenters. The van der Waals surface area contributed by atoms with Crippen LogP contribution in [0, 0.1) is 17.8 Å². The summed E-state index contributed by atoms with van der Waals surface area (Å²) in [5.74, 6) is -3.63. The van der Waals surface area contributed by atoms with E-state index in [-0.39, 0.29) is 17.8 Å². The molecule has 0 rings (SSSR count). The molecule has 3 amide bonds. The molecule has 174 valence electrons. The Kier molecular flexibility index (Phi) is 12.2. The summed E-state index contributed by atoms with van der Waals surface area (Å²) in [5, 5.41) is 26.2. The number of carbonyl (C=O) groups is 4. The van der Waals surface area contributed by atoms with Crippen molar-refractivity contribution >= 4 is 23.7 Å². The Hall–Kier alpha value is -2.20. The van der Waals surface area contributed by atoms with Crippen molar-refractivity contribution in [2.24, 2.45) is 23.5 Å². The summed E-state index contributed by atoms with van der Waals surface area (Å²) in [6, 6.07) is -4.25. The van der Waals surface area contributed by atoms with Crippen molar-refractivity contribution in [3.8, 4) is 0 Å². The minimum Gasteiger partial charge on any atom is -0.480 e.